The van der Waals surface area contributed by atoms with Gasteiger partial charge in [0.2, 0.25) is 0 Å². The van der Waals surface area contributed by atoms with Crippen LogP contribution in [0.25, 0.3) is 0 Å². The zero-order valence-corrected chi connectivity index (χ0v) is 10.1. The average molecular weight is 285 g/mol. The van der Waals surface area contributed by atoms with Crippen molar-refractivity contribution >= 4 is 11.9 Å². The highest BCUT2D eigenvalue weighted by Crippen LogP contribution is 2.20. The predicted molar refractivity (Wildman–Crippen MR) is 62.5 cm³/mol. The SMILES string of the molecule is O=C(NC1C=CC(C(=O)O)C1)c1ccc(F)c(F)c1F. The molecule has 1 aromatic carbocycles. The van der Waals surface area contributed by atoms with E-state index in [0.717, 1.165) is 6.07 Å². The van der Waals surface area contributed by atoms with Crippen LogP contribution in [0, 0.1) is 23.4 Å². The summed E-state index contributed by atoms with van der Waals surface area (Å²) < 4.78 is 39.2. The molecular weight excluding hydrogens is 275 g/mol. The number of hydrogen-bond donors (Lipinski definition) is 2. The molecule has 2 rings (SSSR count). The van der Waals surface area contributed by atoms with Crippen molar-refractivity contribution in [2.45, 2.75) is 12.5 Å². The molecule has 2 atom stereocenters. The minimum absolute atomic E-state index is 0.131. The van der Waals surface area contributed by atoms with Crippen LogP contribution in [0.3, 0.4) is 0 Å². The van der Waals surface area contributed by atoms with Gasteiger partial charge < -0.3 is 10.4 Å². The summed E-state index contributed by atoms with van der Waals surface area (Å²) in [6, 6.07) is 0.894. The molecule has 1 aliphatic carbocycles. The Morgan fingerprint density at radius 1 is 1.15 bits per heavy atom. The van der Waals surface area contributed by atoms with Crippen LogP contribution in [0.15, 0.2) is 24.3 Å². The Morgan fingerprint density at radius 2 is 1.85 bits per heavy atom. The quantitative estimate of drug-likeness (QED) is 0.658. The molecular formula is C13H10F3NO3. The lowest BCUT2D eigenvalue weighted by Crippen LogP contribution is -2.34. The first-order chi connectivity index (χ1) is 9.40. The molecule has 2 unspecified atom stereocenters. The molecule has 7 heteroatoms. The van der Waals surface area contributed by atoms with Gasteiger partial charge in [-0.2, -0.15) is 0 Å². The van der Waals surface area contributed by atoms with E-state index in [1.165, 1.54) is 12.2 Å². The Kier molecular flexibility index (Phi) is 3.78. The molecule has 4 nitrogen and oxygen atoms in total. The molecule has 0 bridgehead atoms. The predicted octanol–water partition coefficient (Wildman–Crippen LogP) is 1.86. The Morgan fingerprint density at radius 3 is 2.45 bits per heavy atom. The molecule has 0 saturated carbocycles. The maximum atomic E-state index is 13.4. The van der Waals surface area contributed by atoms with Gasteiger partial charge in [0.15, 0.2) is 17.5 Å². The van der Waals surface area contributed by atoms with Crippen LogP contribution in [-0.2, 0) is 4.79 Å². The monoisotopic (exact) mass is 285 g/mol. The van der Waals surface area contributed by atoms with Gasteiger partial charge in [-0.15, -0.1) is 0 Å². The van der Waals surface area contributed by atoms with Gasteiger partial charge in [-0.1, -0.05) is 12.2 Å². The summed E-state index contributed by atoms with van der Waals surface area (Å²) in [5.41, 5.74) is -0.629. The van der Waals surface area contributed by atoms with Crippen molar-refractivity contribution in [2.24, 2.45) is 5.92 Å². The van der Waals surface area contributed by atoms with Gasteiger partial charge in [0.1, 0.15) is 0 Å². The molecule has 0 saturated heterocycles. The van der Waals surface area contributed by atoms with Gasteiger partial charge in [-0.3, -0.25) is 9.59 Å². The zero-order chi connectivity index (χ0) is 14.9. The highest BCUT2D eigenvalue weighted by atomic mass is 19.2. The lowest BCUT2D eigenvalue weighted by Gasteiger charge is -2.12. The van der Waals surface area contributed by atoms with Crippen LogP contribution in [0.2, 0.25) is 0 Å². The third kappa shape index (κ3) is 2.66. The number of nitrogens with one attached hydrogen (secondary N) is 1. The Bertz CT molecular complexity index is 601. The summed E-state index contributed by atoms with van der Waals surface area (Å²) >= 11 is 0. The molecule has 0 heterocycles. The third-order valence-corrected chi connectivity index (χ3v) is 3.00. The third-order valence-electron chi connectivity index (χ3n) is 3.00. The van der Waals surface area contributed by atoms with Crippen LogP contribution in [0.5, 0.6) is 0 Å². The molecule has 1 amide bonds. The number of rotatable bonds is 3. The fourth-order valence-corrected chi connectivity index (χ4v) is 1.94. The maximum Gasteiger partial charge on any atom is 0.310 e. The Labute approximate surface area is 111 Å². The maximum absolute atomic E-state index is 13.4. The molecule has 0 fully saturated rings. The van der Waals surface area contributed by atoms with Gasteiger partial charge in [0.25, 0.3) is 5.91 Å². The molecule has 2 N–H and O–H groups in total. The van der Waals surface area contributed by atoms with Crippen molar-refractivity contribution in [3.63, 3.8) is 0 Å². The van der Waals surface area contributed by atoms with E-state index in [1.807, 2.05) is 0 Å². The fourth-order valence-electron chi connectivity index (χ4n) is 1.94. The minimum atomic E-state index is -1.72. The van der Waals surface area contributed by atoms with E-state index in [2.05, 4.69) is 5.32 Å². The van der Waals surface area contributed by atoms with E-state index in [9.17, 15) is 22.8 Å². The van der Waals surface area contributed by atoms with E-state index < -0.39 is 46.9 Å². The Balaban J connectivity index is 2.09. The van der Waals surface area contributed by atoms with E-state index >= 15 is 0 Å². The number of carbonyl (C=O) groups excluding carboxylic acids is 1. The van der Waals surface area contributed by atoms with Crippen LogP contribution < -0.4 is 5.32 Å². The number of amides is 1. The van der Waals surface area contributed by atoms with Gasteiger partial charge in [0, 0.05) is 6.04 Å². The van der Waals surface area contributed by atoms with Crippen LogP contribution in [0.1, 0.15) is 16.8 Å². The second-order valence-electron chi connectivity index (χ2n) is 4.37. The highest BCUT2D eigenvalue weighted by molar-refractivity contribution is 5.95. The largest absolute Gasteiger partial charge is 0.481 e. The van der Waals surface area contributed by atoms with Crippen molar-refractivity contribution < 1.29 is 27.9 Å². The van der Waals surface area contributed by atoms with Crippen molar-refractivity contribution in [3.05, 3.63) is 47.3 Å². The first-order valence-electron chi connectivity index (χ1n) is 5.75. The summed E-state index contributed by atoms with van der Waals surface area (Å²) in [4.78, 5) is 22.5. The van der Waals surface area contributed by atoms with E-state index in [1.54, 1.807) is 0 Å². The van der Waals surface area contributed by atoms with Crippen molar-refractivity contribution in [3.8, 4) is 0 Å². The van der Waals surface area contributed by atoms with Crippen LogP contribution in [0.4, 0.5) is 13.2 Å². The summed E-state index contributed by atoms with van der Waals surface area (Å²) in [5, 5.41) is 11.1. The first kappa shape index (κ1) is 14.1. The molecule has 20 heavy (non-hydrogen) atoms. The molecule has 1 aliphatic rings. The number of hydrogen-bond acceptors (Lipinski definition) is 2. The van der Waals surface area contributed by atoms with E-state index in [0.29, 0.717) is 6.07 Å². The zero-order valence-electron chi connectivity index (χ0n) is 10.1. The number of benzene rings is 1. The molecule has 0 aliphatic heterocycles. The molecule has 0 spiro atoms. The second kappa shape index (κ2) is 5.36. The van der Waals surface area contributed by atoms with Crippen molar-refractivity contribution in [2.75, 3.05) is 0 Å². The lowest BCUT2D eigenvalue weighted by atomic mass is 10.1. The highest BCUT2D eigenvalue weighted by Gasteiger charge is 2.27. The van der Waals surface area contributed by atoms with Crippen molar-refractivity contribution in [1.29, 1.82) is 0 Å². The molecule has 0 radical (unpaired) electrons. The fraction of sp³-hybridized carbons (Fsp3) is 0.231. The van der Waals surface area contributed by atoms with Gasteiger partial charge >= 0.3 is 5.97 Å². The average Bonchev–Trinajstić information content (AvgIpc) is 2.84. The summed E-state index contributed by atoms with van der Waals surface area (Å²) in [5.74, 6) is -7.36. The van der Waals surface area contributed by atoms with Gasteiger partial charge in [-0.05, 0) is 18.6 Å². The summed E-state index contributed by atoms with van der Waals surface area (Å²) in [6.07, 6.45) is 3.01. The normalized spacial score (nSPS) is 20.9. The molecule has 0 aromatic heterocycles. The van der Waals surface area contributed by atoms with Crippen LogP contribution >= 0.6 is 0 Å². The van der Waals surface area contributed by atoms with Gasteiger partial charge in [-0.25, -0.2) is 13.2 Å². The summed E-state index contributed by atoms with van der Waals surface area (Å²) in [7, 11) is 0. The van der Waals surface area contributed by atoms with Crippen LogP contribution in [-0.4, -0.2) is 23.0 Å². The number of carboxylic acids is 1. The Hall–Kier alpha value is -2.31. The standard InChI is InChI=1S/C13H10F3NO3/c14-9-4-3-8(10(15)11(9)16)12(18)17-7-2-1-6(5-7)13(19)20/h1-4,6-7H,5H2,(H,17,18)(H,19,20). The molecule has 1 aromatic rings. The summed E-state index contributed by atoms with van der Waals surface area (Å²) in [6.45, 7) is 0. The number of carbonyl (C=O) groups is 2. The smallest absolute Gasteiger partial charge is 0.310 e. The first-order valence-corrected chi connectivity index (χ1v) is 5.75. The van der Waals surface area contributed by atoms with Gasteiger partial charge in [0.05, 0.1) is 11.5 Å². The number of halogens is 3. The minimum Gasteiger partial charge on any atom is -0.481 e. The topological polar surface area (TPSA) is 66.4 Å². The molecule has 106 valence electrons. The lowest BCUT2D eigenvalue weighted by molar-refractivity contribution is -0.140. The van der Waals surface area contributed by atoms with E-state index in [4.69, 9.17) is 5.11 Å². The van der Waals surface area contributed by atoms with E-state index in [-0.39, 0.29) is 6.42 Å². The van der Waals surface area contributed by atoms with Crippen molar-refractivity contribution in [1.82, 2.24) is 5.32 Å². The second-order valence-corrected chi connectivity index (χ2v) is 4.37. The number of aliphatic carboxylic acids is 1. The number of carboxylic acid groups (broad SMARTS) is 1.